The first-order chi connectivity index (χ1) is 5.61. The molecule has 5 heteroatoms. The van der Waals surface area contributed by atoms with E-state index in [9.17, 15) is 9.59 Å². The van der Waals surface area contributed by atoms with Crippen LogP contribution in [0.1, 0.15) is 6.92 Å². The molecule has 2 amide bonds. The van der Waals surface area contributed by atoms with Gasteiger partial charge in [-0.05, 0) is 6.92 Å². The number of amides is 2. The minimum Gasteiger partial charge on any atom is -0.353 e. The Morgan fingerprint density at radius 1 is 1.75 bits per heavy atom. The molecular weight excluding hydrogens is 158 g/mol. The predicted octanol–water partition coefficient (Wildman–Crippen LogP) is -1.71. The van der Waals surface area contributed by atoms with Crippen LogP contribution in [0.3, 0.4) is 0 Å². The third-order valence-corrected chi connectivity index (χ3v) is 1.74. The number of nitrogens with one attached hydrogen (secondary N) is 1. The van der Waals surface area contributed by atoms with Gasteiger partial charge in [0.1, 0.15) is 0 Å². The van der Waals surface area contributed by atoms with Crippen molar-refractivity contribution in [2.24, 2.45) is 5.73 Å². The van der Waals surface area contributed by atoms with Gasteiger partial charge in [-0.25, -0.2) is 0 Å². The van der Waals surface area contributed by atoms with Crippen molar-refractivity contribution in [1.29, 1.82) is 0 Å². The van der Waals surface area contributed by atoms with Crippen molar-refractivity contribution < 1.29 is 9.59 Å². The summed E-state index contributed by atoms with van der Waals surface area (Å²) in [4.78, 5) is 23.6. The van der Waals surface area contributed by atoms with E-state index in [2.05, 4.69) is 5.32 Å². The lowest BCUT2D eigenvalue weighted by Gasteiger charge is -2.27. The molecule has 1 heterocycles. The molecule has 0 spiro atoms. The lowest BCUT2D eigenvalue weighted by Crippen LogP contribution is -2.53. The summed E-state index contributed by atoms with van der Waals surface area (Å²) in [6.07, 6.45) is 0. The molecule has 0 aromatic heterocycles. The summed E-state index contributed by atoms with van der Waals surface area (Å²) in [5.74, 6) is -0.278. The van der Waals surface area contributed by atoms with Gasteiger partial charge in [0, 0.05) is 13.1 Å². The average molecular weight is 171 g/mol. The summed E-state index contributed by atoms with van der Waals surface area (Å²) in [7, 11) is 0. The number of hydrogen-bond donors (Lipinski definition) is 2. The van der Waals surface area contributed by atoms with E-state index >= 15 is 0 Å². The van der Waals surface area contributed by atoms with Crippen LogP contribution in [0.4, 0.5) is 0 Å². The SMILES string of the molecule is C[C@@H](N)C(=O)N1CCNC(=O)C1. The number of rotatable bonds is 1. The third kappa shape index (κ3) is 1.94. The van der Waals surface area contributed by atoms with Gasteiger partial charge in [-0.3, -0.25) is 9.59 Å². The average Bonchev–Trinajstić information content (AvgIpc) is 2.03. The minimum atomic E-state index is -0.518. The van der Waals surface area contributed by atoms with E-state index in [-0.39, 0.29) is 18.4 Å². The van der Waals surface area contributed by atoms with Gasteiger partial charge in [-0.15, -0.1) is 0 Å². The largest absolute Gasteiger partial charge is 0.353 e. The zero-order valence-corrected chi connectivity index (χ0v) is 7.04. The first kappa shape index (κ1) is 8.99. The van der Waals surface area contributed by atoms with Crippen molar-refractivity contribution in [2.75, 3.05) is 19.6 Å². The Labute approximate surface area is 70.9 Å². The molecule has 0 bridgehead atoms. The first-order valence-corrected chi connectivity index (χ1v) is 3.92. The fraction of sp³-hybridized carbons (Fsp3) is 0.714. The smallest absolute Gasteiger partial charge is 0.239 e. The zero-order valence-electron chi connectivity index (χ0n) is 7.04. The molecular formula is C7H13N3O2. The molecule has 1 atom stereocenters. The van der Waals surface area contributed by atoms with Gasteiger partial charge < -0.3 is 16.0 Å². The second-order valence-corrected chi connectivity index (χ2v) is 2.90. The molecule has 0 radical (unpaired) electrons. The summed E-state index contributed by atoms with van der Waals surface area (Å²) < 4.78 is 0. The summed E-state index contributed by atoms with van der Waals surface area (Å²) in [5.41, 5.74) is 5.39. The lowest BCUT2D eigenvalue weighted by molar-refractivity contribution is -0.138. The topological polar surface area (TPSA) is 75.4 Å². The Morgan fingerprint density at radius 3 is 2.92 bits per heavy atom. The standard InChI is InChI=1S/C7H13N3O2/c1-5(8)7(12)10-3-2-9-6(11)4-10/h5H,2-4,8H2,1H3,(H,9,11)/t5-/m1/s1. The van der Waals surface area contributed by atoms with E-state index in [0.29, 0.717) is 13.1 Å². The van der Waals surface area contributed by atoms with E-state index in [1.165, 1.54) is 4.90 Å². The van der Waals surface area contributed by atoms with E-state index in [1.54, 1.807) is 6.92 Å². The Hall–Kier alpha value is -1.10. The molecule has 12 heavy (non-hydrogen) atoms. The maximum Gasteiger partial charge on any atom is 0.239 e. The van der Waals surface area contributed by atoms with Crippen LogP contribution in [0, 0.1) is 0 Å². The highest BCUT2D eigenvalue weighted by Gasteiger charge is 2.22. The molecule has 1 saturated heterocycles. The van der Waals surface area contributed by atoms with Crippen LogP contribution >= 0.6 is 0 Å². The summed E-state index contributed by atoms with van der Waals surface area (Å²) in [6, 6.07) is -0.518. The number of carbonyl (C=O) groups is 2. The first-order valence-electron chi connectivity index (χ1n) is 3.92. The monoisotopic (exact) mass is 171 g/mol. The maximum atomic E-state index is 11.3. The highest BCUT2D eigenvalue weighted by Crippen LogP contribution is 1.96. The zero-order chi connectivity index (χ0) is 9.14. The van der Waals surface area contributed by atoms with Gasteiger partial charge in [0.25, 0.3) is 0 Å². The van der Waals surface area contributed by atoms with E-state index in [4.69, 9.17) is 5.73 Å². The molecule has 0 saturated carbocycles. The van der Waals surface area contributed by atoms with Gasteiger partial charge in [-0.2, -0.15) is 0 Å². The van der Waals surface area contributed by atoms with Crippen molar-refractivity contribution in [3.63, 3.8) is 0 Å². The lowest BCUT2D eigenvalue weighted by atomic mass is 10.2. The van der Waals surface area contributed by atoms with E-state index in [0.717, 1.165) is 0 Å². The molecule has 3 N–H and O–H groups in total. The Bertz CT molecular complexity index is 203. The Balaban J connectivity index is 2.51. The number of piperazine rings is 1. The molecule has 1 aliphatic rings. The van der Waals surface area contributed by atoms with Crippen LogP contribution in [0.2, 0.25) is 0 Å². The molecule has 0 aromatic rings. The van der Waals surface area contributed by atoms with Gasteiger partial charge >= 0.3 is 0 Å². The molecule has 68 valence electrons. The van der Waals surface area contributed by atoms with Gasteiger partial charge in [0.2, 0.25) is 11.8 Å². The molecule has 0 aliphatic carbocycles. The van der Waals surface area contributed by atoms with Crippen molar-refractivity contribution in [3.8, 4) is 0 Å². The van der Waals surface area contributed by atoms with Crippen LogP contribution in [-0.2, 0) is 9.59 Å². The maximum absolute atomic E-state index is 11.3. The van der Waals surface area contributed by atoms with Crippen LogP contribution in [0.5, 0.6) is 0 Å². The van der Waals surface area contributed by atoms with Gasteiger partial charge in [0.15, 0.2) is 0 Å². The number of nitrogens with two attached hydrogens (primary N) is 1. The van der Waals surface area contributed by atoms with Crippen LogP contribution in [-0.4, -0.2) is 42.4 Å². The van der Waals surface area contributed by atoms with Gasteiger partial charge in [0.05, 0.1) is 12.6 Å². The second-order valence-electron chi connectivity index (χ2n) is 2.90. The highest BCUT2D eigenvalue weighted by atomic mass is 16.2. The quantitative estimate of drug-likeness (QED) is 0.493. The van der Waals surface area contributed by atoms with Crippen molar-refractivity contribution >= 4 is 11.8 Å². The minimum absolute atomic E-state index is 0.116. The highest BCUT2D eigenvalue weighted by molar-refractivity contribution is 5.88. The third-order valence-electron chi connectivity index (χ3n) is 1.74. The summed E-state index contributed by atoms with van der Waals surface area (Å²) in [6.45, 7) is 2.85. The number of carbonyl (C=O) groups excluding carboxylic acids is 2. The summed E-state index contributed by atoms with van der Waals surface area (Å²) in [5, 5.41) is 2.63. The molecule has 1 rings (SSSR count). The molecule has 0 unspecified atom stereocenters. The van der Waals surface area contributed by atoms with Crippen molar-refractivity contribution in [3.05, 3.63) is 0 Å². The number of hydrogen-bond acceptors (Lipinski definition) is 3. The fourth-order valence-electron chi connectivity index (χ4n) is 1.11. The van der Waals surface area contributed by atoms with Crippen molar-refractivity contribution in [2.45, 2.75) is 13.0 Å². The molecule has 1 fully saturated rings. The van der Waals surface area contributed by atoms with E-state index < -0.39 is 6.04 Å². The van der Waals surface area contributed by atoms with Crippen LogP contribution in [0.25, 0.3) is 0 Å². The van der Waals surface area contributed by atoms with Crippen molar-refractivity contribution in [1.82, 2.24) is 10.2 Å². The molecule has 0 aromatic carbocycles. The predicted molar refractivity (Wildman–Crippen MR) is 43.2 cm³/mol. The Morgan fingerprint density at radius 2 is 2.42 bits per heavy atom. The molecule has 5 nitrogen and oxygen atoms in total. The number of nitrogens with zero attached hydrogens (tertiary/aromatic N) is 1. The van der Waals surface area contributed by atoms with Crippen LogP contribution in [0.15, 0.2) is 0 Å². The molecule has 1 aliphatic heterocycles. The fourth-order valence-corrected chi connectivity index (χ4v) is 1.11. The normalized spacial score (nSPS) is 20.2. The van der Waals surface area contributed by atoms with E-state index in [1.807, 2.05) is 0 Å². The summed E-state index contributed by atoms with van der Waals surface area (Å²) >= 11 is 0. The Kier molecular flexibility index (Phi) is 2.65. The van der Waals surface area contributed by atoms with Crippen LogP contribution < -0.4 is 11.1 Å². The second kappa shape index (κ2) is 3.53. The van der Waals surface area contributed by atoms with Gasteiger partial charge in [-0.1, -0.05) is 0 Å².